The Hall–Kier alpha value is -3.51. The lowest BCUT2D eigenvalue weighted by Gasteiger charge is -2.24. The first-order chi connectivity index (χ1) is 14.4. The van der Waals surface area contributed by atoms with E-state index in [-0.39, 0.29) is 29.0 Å². The third-order valence-electron chi connectivity index (χ3n) is 5.34. The number of furan rings is 1. The Morgan fingerprint density at radius 2 is 1.97 bits per heavy atom. The molecule has 0 bridgehead atoms. The summed E-state index contributed by atoms with van der Waals surface area (Å²) in [6.07, 6.45) is 1.52. The molecule has 1 amide bonds. The molecular formula is C23H16ClNO5. The van der Waals surface area contributed by atoms with Crippen LogP contribution in [-0.4, -0.2) is 15.9 Å². The van der Waals surface area contributed by atoms with E-state index in [1.807, 2.05) is 0 Å². The van der Waals surface area contributed by atoms with Gasteiger partial charge in [0.25, 0.3) is 5.91 Å². The molecule has 3 heterocycles. The van der Waals surface area contributed by atoms with Crippen LogP contribution in [0.4, 0.5) is 0 Å². The first-order valence-corrected chi connectivity index (χ1v) is 9.71. The Morgan fingerprint density at radius 1 is 1.13 bits per heavy atom. The summed E-state index contributed by atoms with van der Waals surface area (Å²) in [6.45, 7) is 1.95. The fourth-order valence-electron chi connectivity index (χ4n) is 3.92. The molecule has 1 aliphatic rings. The van der Waals surface area contributed by atoms with Gasteiger partial charge in [-0.3, -0.25) is 9.59 Å². The third-order valence-corrected chi connectivity index (χ3v) is 5.75. The lowest BCUT2D eigenvalue weighted by atomic mass is 9.98. The van der Waals surface area contributed by atoms with E-state index in [9.17, 15) is 14.7 Å². The van der Waals surface area contributed by atoms with Gasteiger partial charge in [-0.25, -0.2) is 0 Å². The van der Waals surface area contributed by atoms with Crippen molar-refractivity contribution in [2.24, 2.45) is 0 Å². The smallest absolute Gasteiger partial charge is 0.291 e. The van der Waals surface area contributed by atoms with E-state index in [1.54, 1.807) is 43.3 Å². The first kappa shape index (κ1) is 18.5. The molecule has 0 spiro atoms. The Balaban J connectivity index is 1.77. The standard InChI is InChI=1S/C23H16ClNO5/c1-12-8-18-16(10-17(12)24)21(27)19-20(13-4-2-5-14(26)9-13)25(23(28)22(19)30-18)11-15-6-3-7-29-15/h2-10,20,26H,11H2,1H3/t20-/m0/s1. The normalized spacial score (nSPS) is 15.7. The lowest BCUT2D eigenvalue weighted by molar-refractivity contribution is 0.0701. The van der Waals surface area contributed by atoms with Crippen LogP contribution in [0, 0.1) is 6.92 Å². The van der Waals surface area contributed by atoms with Crippen molar-refractivity contribution in [3.8, 4) is 5.75 Å². The summed E-state index contributed by atoms with van der Waals surface area (Å²) in [5.74, 6) is 0.183. The summed E-state index contributed by atoms with van der Waals surface area (Å²) in [5, 5.41) is 10.7. The molecule has 7 heteroatoms. The SMILES string of the molecule is Cc1cc2oc3c(c(=O)c2cc1Cl)[C@H](c1cccc(O)c1)N(Cc1ccco1)C3=O. The molecule has 1 aliphatic heterocycles. The summed E-state index contributed by atoms with van der Waals surface area (Å²) in [5.41, 5.74) is 1.55. The van der Waals surface area contributed by atoms with Gasteiger partial charge in [-0.2, -0.15) is 0 Å². The highest BCUT2D eigenvalue weighted by Gasteiger charge is 2.43. The number of hydrogen-bond acceptors (Lipinski definition) is 5. The fraction of sp³-hybridized carbons (Fsp3) is 0.130. The maximum absolute atomic E-state index is 13.5. The van der Waals surface area contributed by atoms with Crippen molar-refractivity contribution in [3.05, 3.63) is 98.3 Å². The zero-order valence-corrected chi connectivity index (χ0v) is 16.6. The molecule has 6 nitrogen and oxygen atoms in total. The number of aryl methyl sites for hydroxylation is 1. The van der Waals surface area contributed by atoms with Crippen LogP contribution >= 0.6 is 11.6 Å². The van der Waals surface area contributed by atoms with Crippen LogP contribution in [0.2, 0.25) is 5.02 Å². The highest BCUT2D eigenvalue weighted by atomic mass is 35.5. The van der Waals surface area contributed by atoms with Crippen LogP contribution in [0.3, 0.4) is 0 Å². The van der Waals surface area contributed by atoms with Crippen molar-refractivity contribution in [1.29, 1.82) is 0 Å². The average molecular weight is 422 g/mol. The maximum Gasteiger partial charge on any atom is 0.291 e. The molecule has 4 aromatic rings. The van der Waals surface area contributed by atoms with Crippen LogP contribution in [-0.2, 0) is 6.54 Å². The number of phenolic OH excluding ortho intramolecular Hbond substituents is 1. The number of amides is 1. The van der Waals surface area contributed by atoms with Crippen molar-refractivity contribution in [3.63, 3.8) is 0 Å². The summed E-state index contributed by atoms with van der Waals surface area (Å²) in [7, 11) is 0. The van der Waals surface area contributed by atoms with Gasteiger partial charge in [-0.15, -0.1) is 0 Å². The second-order valence-corrected chi connectivity index (χ2v) is 7.69. The average Bonchev–Trinajstić information content (AvgIpc) is 3.32. The number of fused-ring (bicyclic) bond motifs is 2. The number of nitrogens with zero attached hydrogens (tertiary/aromatic N) is 1. The van der Waals surface area contributed by atoms with E-state index in [0.717, 1.165) is 5.56 Å². The zero-order valence-electron chi connectivity index (χ0n) is 15.9. The monoisotopic (exact) mass is 421 g/mol. The van der Waals surface area contributed by atoms with Crippen molar-refractivity contribution in [1.82, 2.24) is 4.90 Å². The molecular weight excluding hydrogens is 406 g/mol. The predicted molar refractivity (Wildman–Crippen MR) is 111 cm³/mol. The van der Waals surface area contributed by atoms with Crippen molar-refractivity contribution < 1.29 is 18.7 Å². The molecule has 2 aromatic carbocycles. The molecule has 1 atom stereocenters. The van der Waals surface area contributed by atoms with Crippen molar-refractivity contribution in [2.45, 2.75) is 19.5 Å². The lowest BCUT2D eigenvalue weighted by Crippen LogP contribution is -2.29. The van der Waals surface area contributed by atoms with Gasteiger partial charge >= 0.3 is 0 Å². The number of halogens is 1. The topological polar surface area (TPSA) is 83.9 Å². The Bertz CT molecular complexity index is 1360. The summed E-state index contributed by atoms with van der Waals surface area (Å²) in [4.78, 5) is 28.3. The fourth-order valence-corrected chi connectivity index (χ4v) is 4.08. The molecule has 2 aromatic heterocycles. The minimum Gasteiger partial charge on any atom is -0.508 e. The first-order valence-electron chi connectivity index (χ1n) is 9.33. The molecule has 0 radical (unpaired) electrons. The maximum atomic E-state index is 13.5. The second-order valence-electron chi connectivity index (χ2n) is 7.28. The van der Waals surface area contributed by atoms with Gasteiger partial charge < -0.3 is 18.8 Å². The molecule has 0 aliphatic carbocycles. The molecule has 30 heavy (non-hydrogen) atoms. The highest BCUT2D eigenvalue weighted by molar-refractivity contribution is 6.32. The minimum atomic E-state index is -0.731. The molecule has 0 unspecified atom stereocenters. The van der Waals surface area contributed by atoms with E-state index < -0.39 is 11.9 Å². The van der Waals surface area contributed by atoms with Gasteiger partial charge in [0.2, 0.25) is 5.76 Å². The van der Waals surface area contributed by atoms with E-state index in [0.29, 0.717) is 27.3 Å². The molecule has 0 fully saturated rings. The van der Waals surface area contributed by atoms with Crippen LogP contribution in [0.25, 0.3) is 11.0 Å². The van der Waals surface area contributed by atoms with Crippen LogP contribution in [0.15, 0.2) is 68.4 Å². The van der Waals surface area contributed by atoms with Gasteiger partial charge in [0.1, 0.15) is 17.1 Å². The number of benzene rings is 2. The van der Waals surface area contributed by atoms with E-state index in [2.05, 4.69) is 0 Å². The minimum absolute atomic E-state index is 0.00544. The Kier molecular flexibility index (Phi) is 4.18. The van der Waals surface area contributed by atoms with Gasteiger partial charge in [0.15, 0.2) is 5.43 Å². The number of rotatable bonds is 3. The van der Waals surface area contributed by atoms with E-state index in [4.69, 9.17) is 20.4 Å². The Morgan fingerprint density at radius 3 is 2.70 bits per heavy atom. The number of carbonyl (C=O) groups is 1. The number of hydrogen-bond donors (Lipinski definition) is 1. The van der Waals surface area contributed by atoms with Gasteiger partial charge in [-0.05, 0) is 54.4 Å². The zero-order chi connectivity index (χ0) is 21.0. The molecule has 1 N–H and O–H groups in total. The number of aromatic hydroxyl groups is 1. The quantitative estimate of drug-likeness (QED) is 0.513. The van der Waals surface area contributed by atoms with Crippen molar-refractivity contribution >= 4 is 28.5 Å². The van der Waals surface area contributed by atoms with Crippen LogP contribution < -0.4 is 5.43 Å². The van der Waals surface area contributed by atoms with Crippen LogP contribution in [0.1, 0.15) is 39.0 Å². The number of carbonyl (C=O) groups excluding carboxylic acids is 1. The molecule has 0 saturated heterocycles. The van der Waals surface area contributed by atoms with Crippen molar-refractivity contribution in [2.75, 3.05) is 0 Å². The highest BCUT2D eigenvalue weighted by Crippen LogP contribution is 2.40. The second kappa shape index (κ2) is 6.78. The van der Waals surface area contributed by atoms with Gasteiger partial charge in [0, 0.05) is 5.02 Å². The van der Waals surface area contributed by atoms with Crippen LogP contribution in [0.5, 0.6) is 5.75 Å². The largest absolute Gasteiger partial charge is 0.508 e. The van der Waals surface area contributed by atoms with Gasteiger partial charge in [0.05, 0.1) is 29.8 Å². The molecule has 5 rings (SSSR count). The summed E-state index contributed by atoms with van der Waals surface area (Å²) < 4.78 is 11.3. The predicted octanol–water partition coefficient (Wildman–Crippen LogP) is 4.80. The Labute approximate surface area is 175 Å². The summed E-state index contributed by atoms with van der Waals surface area (Å²) in [6, 6.07) is 12.5. The van der Waals surface area contributed by atoms with E-state index in [1.165, 1.54) is 23.3 Å². The summed E-state index contributed by atoms with van der Waals surface area (Å²) >= 11 is 6.23. The third kappa shape index (κ3) is 2.80. The van der Waals surface area contributed by atoms with E-state index >= 15 is 0 Å². The number of phenols is 1. The molecule has 150 valence electrons. The molecule has 0 saturated carbocycles. The van der Waals surface area contributed by atoms with Gasteiger partial charge in [-0.1, -0.05) is 23.7 Å².